The van der Waals surface area contributed by atoms with Crippen molar-refractivity contribution in [1.29, 1.82) is 5.26 Å². The number of nitrogens with zero attached hydrogens (tertiary/aromatic N) is 1. The van der Waals surface area contributed by atoms with E-state index in [0.29, 0.717) is 17.0 Å². The van der Waals surface area contributed by atoms with Crippen LogP contribution in [0.4, 0.5) is 5.69 Å². The number of amides is 1. The molecule has 96 valence electrons. The third kappa shape index (κ3) is 3.01. The van der Waals surface area contributed by atoms with Crippen molar-refractivity contribution >= 4 is 11.6 Å². The topological polar surface area (TPSA) is 62.1 Å². The highest BCUT2D eigenvalue weighted by Crippen LogP contribution is 2.28. The van der Waals surface area contributed by atoms with E-state index < -0.39 is 0 Å². The number of hydrogen-bond donors (Lipinski definition) is 1. The maximum Gasteiger partial charge on any atom is 0.227 e. The van der Waals surface area contributed by atoms with Gasteiger partial charge in [-0.2, -0.15) is 5.26 Å². The van der Waals surface area contributed by atoms with Crippen LogP contribution in [0.2, 0.25) is 0 Å². The first-order valence-corrected chi connectivity index (χ1v) is 5.89. The van der Waals surface area contributed by atoms with Crippen LogP contribution >= 0.6 is 0 Å². The molecule has 0 saturated carbocycles. The molecule has 0 spiro atoms. The van der Waals surface area contributed by atoms with Gasteiger partial charge in [-0.15, -0.1) is 0 Å². The first-order chi connectivity index (χ1) is 8.51. The van der Waals surface area contributed by atoms with Crippen LogP contribution in [0, 0.1) is 23.2 Å². The monoisotopic (exact) mass is 246 g/mol. The molecule has 1 aromatic carbocycles. The van der Waals surface area contributed by atoms with E-state index in [9.17, 15) is 4.79 Å². The maximum absolute atomic E-state index is 12.0. The smallest absolute Gasteiger partial charge is 0.227 e. The Hall–Kier alpha value is -2.02. The Balaban J connectivity index is 3.04. The molecule has 0 aliphatic carbocycles. The quantitative estimate of drug-likeness (QED) is 0.888. The van der Waals surface area contributed by atoms with Crippen LogP contribution in [0.5, 0.6) is 5.75 Å². The van der Waals surface area contributed by atoms with Crippen molar-refractivity contribution in [3.8, 4) is 11.8 Å². The molecule has 0 aliphatic heterocycles. The average molecular weight is 246 g/mol. The zero-order valence-corrected chi connectivity index (χ0v) is 11.2. The van der Waals surface area contributed by atoms with Crippen LogP contribution in [0.1, 0.15) is 26.3 Å². The molecule has 0 aliphatic rings. The number of nitrogens with one attached hydrogen (secondary N) is 1. The fraction of sp³-hybridized carbons (Fsp3) is 0.429. The number of benzene rings is 1. The van der Waals surface area contributed by atoms with Gasteiger partial charge >= 0.3 is 0 Å². The highest BCUT2D eigenvalue weighted by molar-refractivity contribution is 5.95. The number of carbonyl (C=O) groups is 1. The van der Waals surface area contributed by atoms with E-state index in [2.05, 4.69) is 5.32 Å². The predicted molar refractivity (Wildman–Crippen MR) is 70.3 cm³/mol. The second-order valence-electron chi connectivity index (χ2n) is 4.52. The van der Waals surface area contributed by atoms with E-state index in [0.717, 1.165) is 0 Å². The molecule has 1 N–H and O–H groups in total. The van der Waals surface area contributed by atoms with Gasteiger partial charge in [0.25, 0.3) is 0 Å². The number of para-hydroxylation sites is 1. The molecule has 1 atom stereocenters. The normalized spacial score (nSPS) is 11.8. The van der Waals surface area contributed by atoms with Gasteiger partial charge in [-0.3, -0.25) is 4.79 Å². The third-order valence-corrected chi connectivity index (χ3v) is 3.03. The molecule has 0 saturated heterocycles. The molecule has 1 unspecified atom stereocenters. The van der Waals surface area contributed by atoms with E-state index in [1.807, 2.05) is 26.8 Å². The number of hydrogen-bond acceptors (Lipinski definition) is 3. The highest BCUT2D eigenvalue weighted by atomic mass is 16.5. The van der Waals surface area contributed by atoms with Gasteiger partial charge in [0.2, 0.25) is 5.91 Å². The van der Waals surface area contributed by atoms with Gasteiger partial charge in [0.15, 0.2) is 0 Å². The molecular weight excluding hydrogens is 228 g/mol. The van der Waals surface area contributed by atoms with Gasteiger partial charge in [0.05, 0.1) is 12.7 Å². The minimum absolute atomic E-state index is 0.106. The number of rotatable bonds is 4. The summed E-state index contributed by atoms with van der Waals surface area (Å²) in [5.74, 6) is 0.510. The van der Waals surface area contributed by atoms with Crippen molar-refractivity contribution in [2.45, 2.75) is 20.8 Å². The lowest BCUT2D eigenvalue weighted by Gasteiger charge is -2.17. The van der Waals surface area contributed by atoms with Crippen molar-refractivity contribution in [2.24, 2.45) is 11.8 Å². The zero-order valence-electron chi connectivity index (χ0n) is 11.2. The molecule has 1 aromatic rings. The van der Waals surface area contributed by atoms with Gasteiger partial charge in [0, 0.05) is 5.92 Å². The van der Waals surface area contributed by atoms with Gasteiger partial charge in [0.1, 0.15) is 17.5 Å². The summed E-state index contributed by atoms with van der Waals surface area (Å²) in [5, 5.41) is 11.8. The molecule has 0 bridgehead atoms. The molecule has 1 rings (SSSR count). The van der Waals surface area contributed by atoms with Crippen molar-refractivity contribution < 1.29 is 9.53 Å². The van der Waals surface area contributed by atoms with Crippen LogP contribution < -0.4 is 10.1 Å². The molecule has 4 nitrogen and oxygen atoms in total. The van der Waals surface area contributed by atoms with E-state index in [1.54, 1.807) is 18.2 Å². The third-order valence-electron chi connectivity index (χ3n) is 3.03. The van der Waals surface area contributed by atoms with Crippen LogP contribution in [0.25, 0.3) is 0 Å². The number of methoxy groups -OCH3 is 1. The molecule has 18 heavy (non-hydrogen) atoms. The number of carbonyl (C=O) groups excluding carboxylic acids is 1. The molecule has 0 radical (unpaired) electrons. The minimum Gasteiger partial charge on any atom is -0.495 e. The zero-order chi connectivity index (χ0) is 13.7. The highest BCUT2D eigenvalue weighted by Gasteiger charge is 2.19. The van der Waals surface area contributed by atoms with Crippen LogP contribution in [0.3, 0.4) is 0 Å². The summed E-state index contributed by atoms with van der Waals surface area (Å²) >= 11 is 0. The van der Waals surface area contributed by atoms with E-state index in [4.69, 9.17) is 10.00 Å². The largest absolute Gasteiger partial charge is 0.495 e. The Morgan fingerprint density at radius 2 is 2.06 bits per heavy atom. The number of nitriles is 1. The van der Waals surface area contributed by atoms with Gasteiger partial charge < -0.3 is 10.1 Å². The Morgan fingerprint density at radius 3 is 2.56 bits per heavy atom. The first kappa shape index (κ1) is 14.0. The Bertz CT molecular complexity index is 475. The molecule has 0 fully saturated rings. The van der Waals surface area contributed by atoms with Crippen molar-refractivity contribution in [1.82, 2.24) is 0 Å². The van der Waals surface area contributed by atoms with Gasteiger partial charge in [-0.1, -0.05) is 26.8 Å². The number of ether oxygens (including phenoxy) is 1. The fourth-order valence-electron chi connectivity index (χ4n) is 1.46. The Morgan fingerprint density at radius 1 is 1.39 bits per heavy atom. The molecule has 0 aromatic heterocycles. The van der Waals surface area contributed by atoms with Crippen LogP contribution in [-0.2, 0) is 4.79 Å². The van der Waals surface area contributed by atoms with Crippen molar-refractivity contribution in [3.63, 3.8) is 0 Å². The van der Waals surface area contributed by atoms with E-state index in [1.165, 1.54) is 7.11 Å². The molecule has 4 heteroatoms. The average Bonchev–Trinajstić information content (AvgIpc) is 2.37. The van der Waals surface area contributed by atoms with Crippen LogP contribution in [0.15, 0.2) is 18.2 Å². The van der Waals surface area contributed by atoms with Gasteiger partial charge in [-0.05, 0) is 18.1 Å². The van der Waals surface area contributed by atoms with E-state index in [-0.39, 0.29) is 17.7 Å². The summed E-state index contributed by atoms with van der Waals surface area (Å²) in [7, 11) is 1.51. The standard InChI is InChI=1S/C14H18N2O2/c1-9(2)10(3)14(17)16-13-11(8-15)6-5-7-12(13)18-4/h5-7,9-10H,1-4H3,(H,16,17). The summed E-state index contributed by atoms with van der Waals surface area (Å²) in [4.78, 5) is 12.0. The Labute approximate surface area is 108 Å². The summed E-state index contributed by atoms with van der Waals surface area (Å²) in [6.45, 7) is 5.83. The summed E-state index contributed by atoms with van der Waals surface area (Å²) in [5.41, 5.74) is 0.846. The second-order valence-corrected chi connectivity index (χ2v) is 4.52. The summed E-state index contributed by atoms with van der Waals surface area (Å²) < 4.78 is 5.16. The van der Waals surface area contributed by atoms with Gasteiger partial charge in [-0.25, -0.2) is 0 Å². The molecular formula is C14H18N2O2. The lowest BCUT2D eigenvalue weighted by atomic mass is 9.97. The summed E-state index contributed by atoms with van der Waals surface area (Å²) in [6, 6.07) is 7.14. The Kier molecular flexibility index (Phi) is 4.73. The minimum atomic E-state index is -0.124. The lowest BCUT2D eigenvalue weighted by Crippen LogP contribution is -2.25. The lowest BCUT2D eigenvalue weighted by molar-refractivity contribution is -0.120. The van der Waals surface area contributed by atoms with E-state index >= 15 is 0 Å². The molecule has 1 amide bonds. The SMILES string of the molecule is COc1cccc(C#N)c1NC(=O)C(C)C(C)C. The fourth-order valence-corrected chi connectivity index (χ4v) is 1.46. The van der Waals surface area contributed by atoms with Crippen molar-refractivity contribution in [3.05, 3.63) is 23.8 Å². The first-order valence-electron chi connectivity index (χ1n) is 5.89. The molecule has 0 heterocycles. The van der Waals surface area contributed by atoms with Crippen molar-refractivity contribution in [2.75, 3.05) is 12.4 Å². The predicted octanol–water partition coefficient (Wildman–Crippen LogP) is 2.80. The second kappa shape index (κ2) is 6.06. The maximum atomic E-state index is 12.0. The summed E-state index contributed by atoms with van der Waals surface area (Å²) in [6.07, 6.45) is 0. The number of anilines is 1. The van der Waals surface area contributed by atoms with Crippen LogP contribution in [-0.4, -0.2) is 13.0 Å².